The predicted molar refractivity (Wildman–Crippen MR) is 76.2 cm³/mol. The van der Waals surface area contributed by atoms with Crippen molar-refractivity contribution in [2.24, 2.45) is 0 Å². The third-order valence-electron chi connectivity index (χ3n) is 2.97. The molecule has 0 bridgehead atoms. The largest absolute Gasteiger partial charge is 0.481 e. The minimum Gasteiger partial charge on any atom is -0.481 e. The molecule has 0 saturated heterocycles. The number of ether oxygens (including phenoxy) is 1. The molecule has 0 saturated carbocycles. The maximum atomic E-state index is 5.89. The van der Waals surface area contributed by atoms with Gasteiger partial charge in [0, 0.05) is 18.3 Å². The van der Waals surface area contributed by atoms with Gasteiger partial charge in [-0.15, -0.1) is 0 Å². The van der Waals surface area contributed by atoms with E-state index in [9.17, 15) is 0 Å². The number of nitrogens with one attached hydrogen (secondary N) is 1. The zero-order valence-corrected chi connectivity index (χ0v) is 11.4. The third kappa shape index (κ3) is 3.13. The van der Waals surface area contributed by atoms with E-state index in [1.807, 2.05) is 32.0 Å². The van der Waals surface area contributed by atoms with E-state index >= 15 is 0 Å². The molecule has 0 unspecified atom stereocenters. The van der Waals surface area contributed by atoms with Gasteiger partial charge in [-0.1, -0.05) is 12.1 Å². The summed E-state index contributed by atoms with van der Waals surface area (Å²) in [4.78, 5) is 8.46. The summed E-state index contributed by atoms with van der Waals surface area (Å²) in [5, 5.41) is 3.26. The van der Waals surface area contributed by atoms with Crippen molar-refractivity contribution in [3.05, 3.63) is 41.2 Å². The van der Waals surface area contributed by atoms with Gasteiger partial charge in [0.15, 0.2) is 0 Å². The van der Waals surface area contributed by atoms with E-state index in [-0.39, 0.29) is 0 Å². The van der Waals surface area contributed by atoms with E-state index in [4.69, 9.17) is 10.5 Å². The molecule has 3 N–H and O–H groups in total. The van der Waals surface area contributed by atoms with Gasteiger partial charge in [0.25, 0.3) is 0 Å². The Labute approximate surface area is 112 Å². The molecule has 0 radical (unpaired) electrons. The molecule has 0 aliphatic heterocycles. The summed E-state index contributed by atoms with van der Waals surface area (Å²) in [5.74, 6) is 1.97. The number of nitrogens with two attached hydrogens (primary N) is 1. The van der Waals surface area contributed by atoms with Crippen LogP contribution in [-0.2, 0) is 6.54 Å². The van der Waals surface area contributed by atoms with Crippen LogP contribution in [0.5, 0.6) is 5.88 Å². The van der Waals surface area contributed by atoms with Gasteiger partial charge in [-0.05, 0) is 31.0 Å². The van der Waals surface area contributed by atoms with Crippen molar-refractivity contribution < 1.29 is 4.74 Å². The molecule has 0 spiro atoms. The van der Waals surface area contributed by atoms with Crippen LogP contribution in [0.4, 0.5) is 11.5 Å². The molecule has 5 heteroatoms. The normalized spacial score (nSPS) is 10.3. The second-order valence-electron chi connectivity index (χ2n) is 4.33. The number of benzene rings is 1. The summed E-state index contributed by atoms with van der Waals surface area (Å²) in [6.07, 6.45) is 0. The lowest BCUT2D eigenvalue weighted by Gasteiger charge is -2.11. The Morgan fingerprint density at radius 2 is 2.05 bits per heavy atom. The van der Waals surface area contributed by atoms with Crippen LogP contribution in [0.15, 0.2) is 24.3 Å². The third-order valence-corrected chi connectivity index (χ3v) is 2.97. The van der Waals surface area contributed by atoms with Gasteiger partial charge in [-0.25, -0.2) is 4.98 Å². The van der Waals surface area contributed by atoms with Gasteiger partial charge < -0.3 is 15.8 Å². The highest BCUT2D eigenvalue weighted by Crippen LogP contribution is 2.18. The standard InChI is InChI=1S/C14H18N4O/c1-9-11(5-4-6-12(9)15)8-16-13-7-14(19-3)18-10(2)17-13/h4-7H,8,15H2,1-3H3,(H,16,17,18). The number of methoxy groups -OCH3 is 1. The van der Waals surface area contributed by atoms with E-state index in [0.717, 1.165) is 22.6 Å². The van der Waals surface area contributed by atoms with Crippen molar-refractivity contribution in [3.63, 3.8) is 0 Å². The fourth-order valence-corrected chi connectivity index (χ4v) is 1.82. The molecule has 0 fully saturated rings. The number of anilines is 2. The fourth-order valence-electron chi connectivity index (χ4n) is 1.82. The second kappa shape index (κ2) is 5.56. The molecule has 1 aromatic heterocycles. The number of rotatable bonds is 4. The van der Waals surface area contributed by atoms with Gasteiger partial charge in [0.1, 0.15) is 11.6 Å². The van der Waals surface area contributed by atoms with Gasteiger partial charge in [0.05, 0.1) is 7.11 Å². The first-order valence-corrected chi connectivity index (χ1v) is 6.07. The zero-order valence-electron chi connectivity index (χ0n) is 11.4. The summed E-state index contributed by atoms with van der Waals surface area (Å²) in [6.45, 7) is 4.51. The average molecular weight is 258 g/mol. The number of aromatic nitrogens is 2. The number of hydrogen-bond donors (Lipinski definition) is 2. The summed E-state index contributed by atoms with van der Waals surface area (Å²) in [6, 6.07) is 7.67. The van der Waals surface area contributed by atoms with Crippen molar-refractivity contribution >= 4 is 11.5 Å². The quantitative estimate of drug-likeness (QED) is 0.823. The van der Waals surface area contributed by atoms with E-state index in [1.165, 1.54) is 0 Å². The summed E-state index contributed by atoms with van der Waals surface area (Å²) >= 11 is 0. The summed E-state index contributed by atoms with van der Waals surface area (Å²) in [5.41, 5.74) is 8.93. The number of nitrogens with zero attached hydrogens (tertiary/aromatic N) is 2. The lowest BCUT2D eigenvalue weighted by molar-refractivity contribution is 0.396. The van der Waals surface area contributed by atoms with Gasteiger partial charge in [-0.2, -0.15) is 4.98 Å². The van der Waals surface area contributed by atoms with Crippen molar-refractivity contribution in [2.45, 2.75) is 20.4 Å². The van der Waals surface area contributed by atoms with Crippen molar-refractivity contribution in [1.29, 1.82) is 0 Å². The molecular weight excluding hydrogens is 240 g/mol. The number of nitrogen functional groups attached to an aromatic ring is 1. The van der Waals surface area contributed by atoms with Crippen LogP contribution in [-0.4, -0.2) is 17.1 Å². The molecule has 2 aromatic rings. The monoisotopic (exact) mass is 258 g/mol. The summed E-state index contributed by atoms with van der Waals surface area (Å²) in [7, 11) is 1.59. The highest BCUT2D eigenvalue weighted by Gasteiger charge is 2.04. The zero-order chi connectivity index (χ0) is 13.8. The van der Waals surface area contributed by atoms with Crippen molar-refractivity contribution in [2.75, 3.05) is 18.2 Å². The molecular formula is C14H18N4O. The summed E-state index contributed by atoms with van der Waals surface area (Å²) < 4.78 is 5.12. The number of hydrogen-bond acceptors (Lipinski definition) is 5. The molecule has 0 aliphatic rings. The molecule has 2 rings (SSSR count). The first-order chi connectivity index (χ1) is 9.10. The van der Waals surface area contributed by atoms with E-state index in [1.54, 1.807) is 13.2 Å². The van der Waals surface area contributed by atoms with E-state index in [0.29, 0.717) is 18.2 Å². The molecule has 1 aromatic carbocycles. The Bertz CT molecular complexity index is 584. The molecule has 19 heavy (non-hydrogen) atoms. The van der Waals surface area contributed by atoms with Crippen LogP contribution < -0.4 is 15.8 Å². The lowest BCUT2D eigenvalue weighted by Crippen LogP contribution is -2.06. The Hall–Kier alpha value is -2.30. The molecule has 0 amide bonds. The molecule has 5 nitrogen and oxygen atoms in total. The topological polar surface area (TPSA) is 73.1 Å². The minimum absolute atomic E-state index is 0.555. The van der Waals surface area contributed by atoms with Gasteiger partial charge in [-0.3, -0.25) is 0 Å². The van der Waals surface area contributed by atoms with Crippen molar-refractivity contribution in [1.82, 2.24) is 9.97 Å². The maximum absolute atomic E-state index is 5.89. The highest BCUT2D eigenvalue weighted by atomic mass is 16.5. The first kappa shape index (κ1) is 13.1. The Morgan fingerprint density at radius 3 is 2.79 bits per heavy atom. The second-order valence-corrected chi connectivity index (χ2v) is 4.33. The highest BCUT2D eigenvalue weighted by molar-refractivity contribution is 5.51. The Morgan fingerprint density at radius 1 is 1.26 bits per heavy atom. The lowest BCUT2D eigenvalue weighted by atomic mass is 10.1. The maximum Gasteiger partial charge on any atom is 0.218 e. The smallest absolute Gasteiger partial charge is 0.218 e. The van der Waals surface area contributed by atoms with E-state index < -0.39 is 0 Å². The SMILES string of the molecule is COc1cc(NCc2cccc(N)c2C)nc(C)n1. The molecule has 100 valence electrons. The van der Waals surface area contributed by atoms with Crippen LogP contribution in [0.3, 0.4) is 0 Å². The first-order valence-electron chi connectivity index (χ1n) is 6.07. The van der Waals surface area contributed by atoms with Crippen LogP contribution in [0.25, 0.3) is 0 Å². The van der Waals surface area contributed by atoms with Gasteiger partial charge in [0.2, 0.25) is 5.88 Å². The van der Waals surface area contributed by atoms with E-state index in [2.05, 4.69) is 15.3 Å². The minimum atomic E-state index is 0.555. The Kier molecular flexibility index (Phi) is 3.85. The van der Waals surface area contributed by atoms with Crippen LogP contribution >= 0.6 is 0 Å². The van der Waals surface area contributed by atoms with Crippen LogP contribution in [0.2, 0.25) is 0 Å². The van der Waals surface area contributed by atoms with Crippen molar-refractivity contribution in [3.8, 4) is 5.88 Å². The molecule has 1 heterocycles. The average Bonchev–Trinajstić information content (AvgIpc) is 2.40. The molecule has 0 atom stereocenters. The number of aryl methyl sites for hydroxylation is 1. The molecule has 0 aliphatic carbocycles. The van der Waals surface area contributed by atoms with Crippen LogP contribution in [0, 0.1) is 13.8 Å². The predicted octanol–water partition coefficient (Wildman–Crippen LogP) is 2.30. The van der Waals surface area contributed by atoms with Crippen LogP contribution in [0.1, 0.15) is 17.0 Å². The van der Waals surface area contributed by atoms with Gasteiger partial charge >= 0.3 is 0 Å². The Balaban J connectivity index is 2.14. The fraction of sp³-hybridized carbons (Fsp3) is 0.286.